The minimum Gasteiger partial charge on any atom is -0.446 e. The van der Waals surface area contributed by atoms with Crippen molar-refractivity contribution in [3.8, 4) is 0 Å². The average Bonchev–Trinajstić information content (AvgIpc) is 2.87. The molecule has 0 atom stereocenters. The second-order valence-corrected chi connectivity index (χ2v) is 5.86. The van der Waals surface area contributed by atoms with E-state index in [0.29, 0.717) is 23.0 Å². The van der Waals surface area contributed by atoms with Crippen molar-refractivity contribution in [2.45, 2.75) is 11.6 Å². The van der Waals surface area contributed by atoms with E-state index in [1.54, 1.807) is 24.5 Å². The van der Waals surface area contributed by atoms with Gasteiger partial charge in [0.2, 0.25) is 5.09 Å². The molecule has 2 heterocycles. The van der Waals surface area contributed by atoms with E-state index >= 15 is 0 Å². The molecule has 2 N–H and O–H groups in total. The zero-order valence-corrected chi connectivity index (χ0v) is 11.6. The Balaban J connectivity index is 2.08. The quantitative estimate of drug-likeness (QED) is 0.880. The van der Waals surface area contributed by atoms with Crippen LogP contribution < -0.4 is 10.0 Å². The van der Waals surface area contributed by atoms with E-state index in [9.17, 15) is 8.42 Å². The summed E-state index contributed by atoms with van der Waals surface area (Å²) >= 11 is 5.95. The molecule has 0 amide bonds. The fraction of sp³-hybridized carbons (Fsp3) is 0.182. The van der Waals surface area contributed by atoms with Gasteiger partial charge in [0.1, 0.15) is 5.76 Å². The van der Waals surface area contributed by atoms with E-state index in [0.717, 1.165) is 0 Å². The van der Waals surface area contributed by atoms with Crippen LogP contribution in [0.25, 0.3) is 0 Å². The van der Waals surface area contributed by atoms with Gasteiger partial charge in [0, 0.05) is 6.20 Å². The van der Waals surface area contributed by atoms with E-state index in [1.165, 1.54) is 13.1 Å². The Morgan fingerprint density at radius 1 is 1.37 bits per heavy atom. The van der Waals surface area contributed by atoms with Crippen LogP contribution in [0.2, 0.25) is 5.02 Å². The maximum atomic E-state index is 11.5. The van der Waals surface area contributed by atoms with Crippen LogP contribution in [0.4, 0.5) is 5.69 Å². The Bertz CT molecular complexity index is 669. The van der Waals surface area contributed by atoms with Gasteiger partial charge in [-0.2, -0.15) is 0 Å². The number of anilines is 1. The molecule has 6 nitrogen and oxygen atoms in total. The summed E-state index contributed by atoms with van der Waals surface area (Å²) in [5, 5.41) is 3.42. The smallest absolute Gasteiger partial charge is 0.273 e. The van der Waals surface area contributed by atoms with Crippen LogP contribution in [0.15, 0.2) is 40.1 Å². The van der Waals surface area contributed by atoms with Crippen molar-refractivity contribution in [1.82, 2.24) is 9.71 Å². The first-order valence-corrected chi connectivity index (χ1v) is 7.24. The molecule has 102 valence electrons. The fourth-order valence-corrected chi connectivity index (χ4v) is 2.23. The SMILES string of the molecule is CNS(=O)(=O)c1ccc(CNc2cnccc2Cl)o1. The maximum absolute atomic E-state index is 11.5. The lowest BCUT2D eigenvalue weighted by Gasteiger charge is -2.05. The van der Waals surface area contributed by atoms with E-state index < -0.39 is 10.0 Å². The summed E-state index contributed by atoms with van der Waals surface area (Å²) in [6.07, 6.45) is 3.16. The van der Waals surface area contributed by atoms with Gasteiger partial charge >= 0.3 is 0 Å². The maximum Gasteiger partial charge on any atom is 0.273 e. The van der Waals surface area contributed by atoms with Crippen molar-refractivity contribution in [2.24, 2.45) is 0 Å². The molecule has 0 aliphatic heterocycles. The molecule has 0 radical (unpaired) electrons. The lowest BCUT2D eigenvalue weighted by Crippen LogP contribution is -2.17. The number of sulfonamides is 1. The Labute approximate surface area is 115 Å². The van der Waals surface area contributed by atoms with Crippen molar-refractivity contribution in [2.75, 3.05) is 12.4 Å². The fourth-order valence-electron chi connectivity index (χ4n) is 1.39. The summed E-state index contributed by atoms with van der Waals surface area (Å²) in [6.45, 7) is 0.310. The lowest BCUT2D eigenvalue weighted by atomic mass is 10.4. The highest BCUT2D eigenvalue weighted by Gasteiger charge is 2.16. The molecule has 0 saturated heterocycles. The second kappa shape index (κ2) is 5.60. The first-order chi connectivity index (χ1) is 9.03. The highest BCUT2D eigenvalue weighted by atomic mass is 35.5. The number of furan rings is 1. The molecule has 0 aromatic carbocycles. The number of halogens is 1. The molecule has 2 rings (SSSR count). The zero-order chi connectivity index (χ0) is 13.9. The second-order valence-electron chi connectivity index (χ2n) is 3.64. The predicted octanol–water partition coefficient (Wildman–Crippen LogP) is 1.85. The van der Waals surface area contributed by atoms with Crippen molar-refractivity contribution in [3.05, 3.63) is 41.4 Å². The summed E-state index contributed by atoms with van der Waals surface area (Å²) in [5.74, 6) is 0.480. The minimum absolute atomic E-state index is 0.121. The third-order valence-corrected chi connectivity index (χ3v) is 4.01. The molecule has 0 aliphatic rings. The van der Waals surface area contributed by atoms with Gasteiger partial charge in [0.25, 0.3) is 10.0 Å². The summed E-state index contributed by atoms with van der Waals surface area (Å²) in [6, 6.07) is 4.64. The largest absolute Gasteiger partial charge is 0.446 e. The van der Waals surface area contributed by atoms with E-state index in [2.05, 4.69) is 15.0 Å². The molecule has 2 aromatic rings. The molecule has 0 unspecified atom stereocenters. The van der Waals surface area contributed by atoms with Crippen LogP contribution in [0.5, 0.6) is 0 Å². The van der Waals surface area contributed by atoms with Gasteiger partial charge in [-0.15, -0.1) is 0 Å². The zero-order valence-electron chi connectivity index (χ0n) is 10.1. The molecular weight excluding hydrogens is 290 g/mol. The molecule has 19 heavy (non-hydrogen) atoms. The lowest BCUT2D eigenvalue weighted by molar-refractivity contribution is 0.417. The topological polar surface area (TPSA) is 84.2 Å². The summed E-state index contributed by atoms with van der Waals surface area (Å²) < 4.78 is 30.4. The monoisotopic (exact) mass is 301 g/mol. The molecule has 0 spiro atoms. The minimum atomic E-state index is -3.55. The summed E-state index contributed by atoms with van der Waals surface area (Å²) in [5.41, 5.74) is 0.651. The van der Waals surface area contributed by atoms with Gasteiger partial charge in [-0.3, -0.25) is 4.98 Å². The molecule has 0 aliphatic carbocycles. The first kappa shape index (κ1) is 13.9. The normalized spacial score (nSPS) is 11.5. The van der Waals surface area contributed by atoms with Gasteiger partial charge < -0.3 is 9.73 Å². The van der Waals surface area contributed by atoms with Crippen LogP contribution in [-0.4, -0.2) is 20.4 Å². The molecule has 0 saturated carbocycles. The van der Waals surface area contributed by atoms with Crippen molar-refractivity contribution < 1.29 is 12.8 Å². The van der Waals surface area contributed by atoms with Gasteiger partial charge in [-0.05, 0) is 25.2 Å². The van der Waals surface area contributed by atoms with Crippen LogP contribution in [0, 0.1) is 0 Å². The van der Waals surface area contributed by atoms with Crippen LogP contribution in [-0.2, 0) is 16.6 Å². The van der Waals surface area contributed by atoms with E-state index in [4.69, 9.17) is 16.0 Å². The summed E-state index contributed by atoms with van der Waals surface area (Å²) in [4.78, 5) is 3.93. The van der Waals surface area contributed by atoms with E-state index in [-0.39, 0.29) is 5.09 Å². The molecule has 8 heteroatoms. The molecule has 0 bridgehead atoms. The molecular formula is C11H12ClN3O3S. The highest BCUT2D eigenvalue weighted by molar-refractivity contribution is 7.89. The molecule has 0 fully saturated rings. The number of hydrogen-bond acceptors (Lipinski definition) is 5. The third-order valence-electron chi connectivity index (χ3n) is 2.39. The third kappa shape index (κ3) is 3.25. The summed E-state index contributed by atoms with van der Waals surface area (Å²) in [7, 11) is -2.23. The number of rotatable bonds is 5. The number of aromatic nitrogens is 1. The van der Waals surface area contributed by atoms with Crippen LogP contribution >= 0.6 is 11.6 Å². The van der Waals surface area contributed by atoms with Crippen molar-refractivity contribution in [3.63, 3.8) is 0 Å². The average molecular weight is 302 g/mol. The van der Waals surface area contributed by atoms with Crippen LogP contribution in [0.3, 0.4) is 0 Å². The number of nitrogens with one attached hydrogen (secondary N) is 2. The number of hydrogen-bond donors (Lipinski definition) is 2. The van der Waals surface area contributed by atoms with Gasteiger partial charge in [-0.25, -0.2) is 13.1 Å². The standard InChI is InChI=1S/C11H12ClN3O3S/c1-13-19(16,17)11-3-2-8(18-11)6-15-10-7-14-5-4-9(10)12/h2-5,7,13,15H,6H2,1H3. The predicted molar refractivity (Wildman–Crippen MR) is 71.5 cm³/mol. The Morgan fingerprint density at radius 2 is 2.16 bits per heavy atom. The Kier molecular flexibility index (Phi) is 4.08. The van der Waals surface area contributed by atoms with Crippen molar-refractivity contribution in [1.29, 1.82) is 0 Å². The first-order valence-electron chi connectivity index (χ1n) is 5.38. The van der Waals surface area contributed by atoms with E-state index in [1.807, 2.05) is 0 Å². The van der Waals surface area contributed by atoms with Crippen molar-refractivity contribution >= 4 is 27.3 Å². The van der Waals surface area contributed by atoms with Crippen LogP contribution in [0.1, 0.15) is 5.76 Å². The number of pyridine rings is 1. The Hall–Kier alpha value is -1.57. The molecule has 2 aromatic heterocycles. The van der Waals surface area contributed by atoms with Gasteiger partial charge in [0.15, 0.2) is 0 Å². The van der Waals surface area contributed by atoms with Gasteiger partial charge in [-0.1, -0.05) is 11.6 Å². The van der Waals surface area contributed by atoms with Gasteiger partial charge in [0.05, 0.1) is 23.5 Å². The number of nitrogens with zero attached hydrogens (tertiary/aromatic N) is 1. The highest BCUT2D eigenvalue weighted by Crippen LogP contribution is 2.21. The Morgan fingerprint density at radius 3 is 2.84 bits per heavy atom.